The molecule has 2 aliphatic rings. The standard InChI is InChI=1S/C13H26N2/c1-4-11-10-15(12(5-2)9-14-11)13(3)7-6-8-13/h11-12,14H,4-10H2,1-3H3. The zero-order chi connectivity index (χ0) is 10.9. The minimum atomic E-state index is 0.538. The molecule has 2 rings (SSSR count). The number of nitrogens with zero attached hydrogens (tertiary/aromatic N) is 1. The Hall–Kier alpha value is -0.0800. The van der Waals surface area contributed by atoms with E-state index < -0.39 is 0 Å². The van der Waals surface area contributed by atoms with Gasteiger partial charge in [0.2, 0.25) is 0 Å². The number of nitrogens with one attached hydrogen (secondary N) is 1. The Morgan fingerprint density at radius 2 is 2.00 bits per heavy atom. The second-order valence-corrected chi connectivity index (χ2v) is 5.58. The van der Waals surface area contributed by atoms with Gasteiger partial charge in [-0.15, -0.1) is 0 Å². The van der Waals surface area contributed by atoms with Crippen molar-refractivity contribution in [3.8, 4) is 0 Å². The van der Waals surface area contributed by atoms with E-state index in [1.165, 1.54) is 45.2 Å². The summed E-state index contributed by atoms with van der Waals surface area (Å²) in [4.78, 5) is 2.81. The zero-order valence-corrected chi connectivity index (χ0v) is 10.6. The molecular weight excluding hydrogens is 184 g/mol. The molecule has 1 N–H and O–H groups in total. The molecule has 1 saturated heterocycles. The van der Waals surface area contributed by atoms with Gasteiger partial charge in [0.1, 0.15) is 0 Å². The van der Waals surface area contributed by atoms with Crippen molar-refractivity contribution in [2.45, 2.75) is 70.5 Å². The molecule has 2 heteroatoms. The lowest BCUT2D eigenvalue weighted by Gasteiger charge is -2.54. The van der Waals surface area contributed by atoms with Gasteiger partial charge in [-0.3, -0.25) is 4.90 Å². The molecule has 0 amide bonds. The highest BCUT2D eigenvalue weighted by Crippen LogP contribution is 2.39. The van der Waals surface area contributed by atoms with Gasteiger partial charge in [0.05, 0.1) is 0 Å². The first-order valence-electron chi connectivity index (χ1n) is 6.69. The topological polar surface area (TPSA) is 15.3 Å². The van der Waals surface area contributed by atoms with Gasteiger partial charge >= 0.3 is 0 Å². The van der Waals surface area contributed by atoms with Crippen LogP contribution in [0, 0.1) is 0 Å². The van der Waals surface area contributed by atoms with E-state index in [0.29, 0.717) is 5.54 Å². The summed E-state index contributed by atoms with van der Waals surface area (Å²) in [5.74, 6) is 0. The molecule has 0 radical (unpaired) electrons. The van der Waals surface area contributed by atoms with E-state index in [4.69, 9.17) is 0 Å². The van der Waals surface area contributed by atoms with Crippen molar-refractivity contribution in [1.29, 1.82) is 0 Å². The molecule has 0 aromatic carbocycles. The predicted octanol–water partition coefficient (Wildman–Crippen LogP) is 2.39. The zero-order valence-electron chi connectivity index (χ0n) is 10.6. The van der Waals surface area contributed by atoms with Crippen molar-refractivity contribution in [1.82, 2.24) is 10.2 Å². The Labute approximate surface area is 94.4 Å². The molecule has 2 atom stereocenters. The quantitative estimate of drug-likeness (QED) is 0.769. The maximum Gasteiger partial charge on any atom is 0.0224 e. The van der Waals surface area contributed by atoms with Crippen molar-refractivity contribution in [3.05, 3.63) is 0 Å². The average Bonchev–Trinajstić information content (AvgIpc) is 2.25. The molecule has 0 bridgehead atoms. The fourth-order valence-corrected chi connectivity index (χ4v) is 3.14. The van der Waals surface area contributed by atoms with E-state index in [9.17, 15) is 0 Å². The number of rotatable bonds is 3. The summed E-state index contributed by atoms with van der Waals surface area (Å²) in [5.41, 5.74) is 0.538. The van der Waals surface area contributed by atoms with Crippen molar-refractivity contribution in [3.63, 3.8) is 0 Å². The first-order valence-corrected chi connectivity index (χ1v) is 6.69. The lowest BCUT2D eigenvalue weighted by molar-refractivity contribution is -0.0297. The highest BCUT2D eigenvalue weighted by atomic mass is 15.3. The van der Waals surface area contributed by atoms with E-state index >= 15 is 0 Å². The molecule has 2 fully saturated rings. The van der Waals surface area contributed by atoms with Crippen molar-refractivity contribution in [2.75, 3.05) is 13.1 Å². The van der Waals surface area contributed by atoms with E-state index in [0.717, 1.165) is 12.1 Å². The third-order valence-corrected chi connectivity index (χ3v) is 4.59. The van der Waals surface area contributed by atoms with Crippen LogP contribution in [-0.4, -0.2) is 35.6 Å². The first kappa shape index (κ1) is 11.4. The molecule has 1 saturated carbocycles. The number of hydrogen-bond acceptors (Lipinski definition) is 2. The Morgan fingerprint density at radius 1 is 1.27 bits per heavy atom. The fraction of sp³-hybridized carbons (Fsp3) is 1.00. The van der Waals surface area contributed by atoms with Crippen LogP contribution in [0.25, 0.3) is 0 Å². The SMILES string of the molecule is CCC1CN(C2(C)CCC2)C(CC)CN1. The summed E-state index contributed by atoms with van der Waals surface area (Å²) >= 11 is 0. The van der Waals surface area contributed by atoms with Crippen LogP contribution < -0.4 is 5.32 Å². The van der Waals surface area contributed by atoms with Crippen molar-refractivity contribution >= 4 is 0 Å². The molecule has 0 aromatic rings. The monoisotopic (exact) mass is 210 g/mol. The van der Waals surface area contributed by atoms with Crippen LogP contribution in [0.4, 0.5) is 0 Å². The Bertz CT molecular complexity index is 211. The van der Waals surface area contributed by atoms with Crippen LogP contribution in [-0.2, 0) is 0 Å². The van der Waals surface area contributed by atoms with E-state index in [1.807, 2.05) is 0 Å². The second kappa shape index (κ2) is 4.42. The van der Waals surface area contributed by atoms with Crippen LogP contribution >= 0.6 is 0 Å². The summed E-state index contributed by atoms with van der Waals surface area (Å²) < 4.78 is 0. The molecule has 2 nitrogen and oxygen atoms in total. The molecule has 15 heavy (non-hydrogen) atoms. The van der Waals surface area contributed by atoms with Gasteiger partial charge in [-0.1, -0.05) is 13.8 Å². The fourth-order valence-electron chi connectivity index (χ4n) is 3.14. The lowest BCUT2D eigenvalue weighted by atomic mass is 9.75. The Kier molecular flexibility index (Phi) is 3.36. The van der Waals surface area contributed by atoms with Gasteiger partial charge in [0.25, 0.3) is 0 Å². The van der Waals surface area contributed by atoms with Crippen LogP contribution in [0.5, 0.6) is 0 Å². The Balaban J connectivity index is 2.03. The van der Waals surface area contributed by atoms with Gasteiger partial charge in [0, 0.05) is 30.7 Å². The third kappa shape index (κ3) is 2.07. The highest BCUT2D eigenvalue weighted by molar-refractivity contribution is 5.00. The minimum Gasteiger partial charge on any atom is -0.311 e. The summed E-state index contributed by atoms with van der Waals surface area (Å²) in [7, 11) is 0. The second-order valence-electron chi connectivity index (χ2n) is 5.58. The van der Waals surface area contributed by atoms with Gasteiger partial charge in [-0.2, -0.15) is 0 Å². The summed E-state index contributed by atoms with van der Waals surface area (Å²) in [5, 5.41) is 3.68. The summed E-state index contributed by atoms with van der Waals surface area (Å²) in [6, 6.07) is 1.50. The van der Waals surface area contributed by atoms with Crippen LogP contribution in [0.15, 0.2) is 0 Å². The van der Waals surface area contributed by atoms with Crippen LogP contribution in [0.3, 0.4) is 0 Å². The molecule has 88 valence electrons. The minimum absolute atomic E-state index is 0.538. The molecule has 1 heterocycles. The van der Waals surface area contributed by atoms with Crippen LogP contribution in [0.2, 0.25) is 0 Å². The van der Waals surface area contributed by atoms with Crippen molar-refractivity contribution in [2.24, 2.45) is 0 Å². The summed E-state index contributed by atoms with van der Waals surface area (Å²) in [6.07, 6.45) is 6.83. The van der Waals surface area contributed by atoms with Gasteiger partial charge in [0.15, 0.2) is 0 Å². The molecule has 1 aliphatic carbocycles. The highest BCUT2D eigenvalue weighted by Gasteiger charge is 2.42. The molecular formula is C13H26N2. The largest absolute Gasteiger partial charge is 0.311 e. The number of piperazine rings is 1. The van der Waals surface area contributed by atoms with Gasteiger partial charge < -0.3 is 5.32 Å². The number of hydrogen-bond donors (Lipinski definition) is 1. The van der Waals surface area contributed by atoms with Crippen LogP contribution in [0.1, 0.15) is 52.9 Å². The first-order chi connectivity index (χ1) is 7.19. The van der Waals surface area contributed by atoms with E-state index in [-0.39, 0.29) is 0 Å². The van der Waals surface area contributed by atoms with E-state index in [2.05, 4.69) is 31.0 Å². The maximum atomic E-state index is 3.68. The lowest BCUT2D eigenvalue weighted by Crippen LogP contribution is -2.65. The smallest absolute Gasteiger partial charge is 0.0224 e. The summed E-state index contributed by atoms with van der Waals surface area (Å²) in [6.45, 7) is 9.56. The average molecular weight is 210 g/mol. The Morgan fingerprint density at radius 3 is 2.47 bits per heavy atom. The third-order valence-electron chi connectivity index (χ3n) is 4.59. The predicted molar refractivity (Wildman–Crippen MR) is 65.1 cm³/mol. The normalized spacial score (nSPS) is 36.2. The van der Waals surface area contributed by atoms with Crippen molar-refractivity contribution < 1.29 is 0 Å². The molecule has 0 spiro atoms. The van der Waals surface area contributed by atoms with Gasteiger partial charge in [-0.25, -0.2) is 0 Å². The van der Waals surface area contributed by atoms with Gasteiger partial charge in [-0.05, 0) is 39.0 Å². The molecule has 0 aromatic heterocycles. The van der Waals surface area contributed by atoms with E-state index in [1.54, 1.807) is 0 Å². The molecule has 1 aliphatic heterocycles. The maximum absolute atomic E-state index is 3.68. The molecule has 2 unspecified atom stereocenters.